The first-order valence-corrected chi connectivity index (χ1v) is 13.6. The molecule has 2 aliphatic rings. The number of aromatic nitrogens is 2. The van der Waals surface area contributed by atoms with Gasteiger partial charge in [-0.1, -0.05) is 66.8 Å². The van der Waals surface area contributed by atoms with E-state index in [9.17, 15) is 9.59 Å². The van der Waals surface area contributed by atoms with Crippen molar-refractivity contribution < 1.29 is 4.79 Å². The Bertz CT molecular complexity index is 1420. The molecule has 1 saturated heterocycles. The lowest BCUT2D eigenvalue weighted by Gasteiger charge is -2.28. The molecule has 0 atom stereocenters. The van der Waals surface area contributed by atoms with Crippen molar-refractivity contribution in [3.8, 4) is 0 Å². The van der Waals surface area contributed by atoms with Gasteiger partial charge in [0.25, 0.3) is 11.5 Å². The van der Waals surface area contributed by atoms with Crippen molar-refractivity contribution in [1.82, 2.24) is 14.3 Å². The summed E-state index contributed by atoms with van der Waals surface area (Å²) >= 11 is 6.79. The van der Waals surface area contributed by atoms with Crippen molar-refractivity contribution in [2.24, 2.45) is 5.92 Å². The van der Waals surface area contributed by atoms with E-state index >= 15 is 0 Å². The highest BCUT2D eigenvalue weighted by Crippen LogP contribution is 2.34. The van der Waals surface area contributed by atoms with Gasteiger partial charge in [0.2, 0.25) is 0 Å². The topological polar surface area (TPSA) is 66.7 Å². The number of benzene rings is 1. The molecule has 2 fully saturated rings. The number of anilines is 1. The molecule has 36 heavy (non-hydrogen) atoms. The minimum absolute atomic E-state index is 0.184. The summed E-state index contributed by atoms with van der Waals surface area (Å²) in [6.45, 7) is 6.67. The number of thioether (sulfide) groups is 1. The van der Waals surface area contributed by atoms with Crippen molar-refractivity contribution in [1.29, 1.82) is 0 Å². The maximum absolute atomic E-state index is 13.6. The Morgan fingerprint density at radius 1 is 1.11 bits per heavy atom. The summed E-state index contributed by atoms with van der Waals surface area (Å²) in [6, 6.07) is 12.1. The van der Waals surface area contributed by atoms with Crippen LogP contribution in [0.3, 0.4) is 0 Å². The normalized spacial score (nSPS) is 21.5. The number of nitrogens with one attached hydrogen (secondary N) is 1. The maximum Gasteiger partial charge on any atom is 0.267 e. The van der Waals surface area contributed by atoms with Crippen LogP contribution in [0.5, 0.6) is 0 Å². The van der Waals surface area contributed by atoms with Crippen molar-refractivity contribution >= 4 is 51.7 Å². The first-order valence-electron chi connectivity index (χ1n) is 12.4. The summed E-state index contributed by atoms with van der Waals surface area (Å²) in [6.07, 6.45) is 7.77. The molecule has 1 N–H and O–H groups in total. The van der Waals surface area contributed by atoms with E-state index in [1.807, 2.05) is 50.2 Å². The SMILES string of the molecule is Cc1ccc(CN2C(=O)/C(=C\c3c(NC4CCC(C)CC4)nc4c(C)cccn4c3=O)SC2=S)cc1. The minimum Gasteiger partial charge on any atom is -0.367 e. The first kappa shape index (κ1) is 24.7. The van der Waals surface area contributed by atoms with Crippen molar-refractivity contribution in [2.75, 3.05) is 5.32 Å². The molecular formula is C28H30N4O2S2. The smallest absolute Gasteiger partial charge is 0.267 e. The number of aryl methyl sites for hydroxylation is 2. The fraction of sp³-hybridized carbons (Fsp3) is 0.357. The molecule has 5 rings (SSSR count). The van der Waals surface area contributed by atoms with Crippen LogP contribution in [0.15, 0.2) is 52.3 Å². The number of thiocarbonyl (C=S) groups is 1. The van der Waals surface area contributed by atoms with E-state index in [-0.39, 0.29) is 17.5 Å². The van der Waals surface area contributed by atoms with Gasteiger partial charge in [-0.2, -0.15) is 0 Å². The molecule has 186 valence electrons. The van der Waals surface area contributed by atoms with Crippen LogP contribution in [0.25, 0.3) is 11.7 Å². The molecule has 1 amide bonds. The van der Waals surface area contributed by atoms with Crippen LogP contribution >= 0.6 is 24.0 Å². The quantitative estimate of drug-likeness (QED) is 0.345. The molecule has 1 aromatic carbocycles. The third kappa shape index (κ3) is 4.97. The van der Waals surface area contributed by atoms with Gasteiger partial charge in [-0.15, -0.1) is 0 Å². The van der Waals surface area contributed by atoms with Gasteiger partial charge in [0.05, 0.1) is 17.0 Å². The second-order valence-electron chi connectivity index (χ2n) is 9.92. The Kier molecular flexibility index (Phi) is 6.99. The van der Waals surface area contributed by atoms with Crippen LogP contribution in [0.2, 0.25) is 0 Å². The first-order chi connectivity index (χ1) is 17.3. The van der Waals surface area contributed by atoms with Crippen molar-refractivity contribution in [2.45, 2.75) is 59.0 Å². The van der Waals surface area contributed by atoms with Gasteiger partial charge in [-0.3, -0.25) is 18.9 Å². The van der Waals surface area contributed by atoms with Crippen LogP contribution in [-0.2, 0) is 11.3 Å². The molecule has 3 heterocycles. The fourth-order valence-electron chi connectivity index (χ4n) is 4.79. The molecule has 6 nitrogen and oxygen atoms in total. The second kappa shape index (κ2) is 10.2. The van der Waals surface area contributed by atoms with Gasteiger partial charge >= 0.3 is 0 Å². The van der Waals surface area contributed by atoms with Gasteiger partial charge in [0, 0.05) is 12.2 Å². The lowest BCUT2D eigenvalue weighted by molar-refractivity contribution is -0.122. The molecule has 1 aliphatic heterocycles. The summed E-state index contributed by atoms with van der Waals surface area (Å²) < 4.78 is 2.05. The molecule has 0 unspecified atom stereocenters. The van der Waals surface area contributed by atoms with Crippen LogP contribution in [0.4, 0.5) is 5.82 Å². The van der Waals surface area contributed by atoms with Crippen LogP contribution < -0.4 is 10.9 Å². The Labute approximate surface area is 220 Å². The summed E-state index contributed by atoms with van der Waals surface area (Å²) in [5.74, 6) is 1.07. The second-order valence-corrected chi connectivity index (χ2v) is 11.6. The van der Waals surface area contributed by atoms with Gasteiger partial charge in [-0.05, 0) is 68.7 Å². The van der Waals surface area contributed by atoms with E-state index in [1.54, 1.807) is 21.6 Å². The van der Waals surface area contributed by atoms with Gasteiger partial charge in [-0.25, -0.2) is 4.98 Å². The summed E-state index contributed by atoms with van der Waals surface area (Å²) in [5.41, 5.74) is 3.92. The summed E-state index contributed by atoms with van der Waals surface area (Å²) in [7, 11) is 0. The number of hydrogen-bond donors (Lipinski definition) is 1. The molecule has 2 aromatic heterocycles. The van der Waals surface area contributed by atoms with E-state index in [0.29, 0.717) is 32.8 Å². The summed E-state index contributed by atoms with van der Waals surface area (Å²) in [4.78, 5) is 33.9. The number of fused-ring (bicyclic) bond motifs is 1. The van der Waals surface area contributed by atoms with Crippen molar-refractivity contribution in [3.63, 3.8) is 0 Å². The van der Waals surface area contributed by atoms with Crippen LogP contribution in [0, 0.1) is 19.8 Å². The molecule has 8 heteroatoms. The molecule has 1 saturated carbocycles. The Morgan fingerprint density at radius 2 is 1.83 bits per heavy atom. The Balaban J connectivity index is 1.52. The van der Waals surface area contributed by atoms with E-state index in [0.717, 1.165) is 48.3 Å². The zero-order chi connectivity index (χ0) is 25.4. The molecular weight excluding hydrogens is 488 g/mol. The average molecular weight is 519 g/mol. The Hall–Kier alpha value is -2.97. The van der Waals surface area contributed by atoms with E-state index < -0.39 is 0 Å². The number of carbonyl (C=O) groups is 1. The summed E-state index contributed by atoms with van der Waals surface area (Å²) in [5, 5.41) is 3.55. The molecule has 0 bridgehead atoms. The maximum atomic E-state index is 13.6. The lowest BCUT2D eigenvalue weighted by atomic mass is 9.87. The number of amides is 1. The number of pyridine rings is 1. The highest BCUT2D eigenvalue weighted by Gasteiger charge is 2.33. The zero-order valence-electron chi connectivity index (χ0n) is 20.8. The highest BCUT2D eigenvalue weighted by molar-refractivity contribution is 8.26. The average Bonchev–Trinajstić information content (AvgIpc) is 3.12. The molecule has 0 radical (unpaired) electrons. The van der Waals surface area contributed by atoms with Gasteiger partial charge in [0.15, 0.2) is 0 Å². The van der Waals surface area contributed by atoms with Crippen molar-refractivity contribution in [3.05, 3.63) is 80.1 Å². The van der Waals surface area contributed by atoms with Crippen LogP contribution in [-0.4, -0.2) is 30.6 Å². The predicted molar refractivity (Wildman–Crippen MR) is 151 cm³/mol. The number of hydrogen-bond acceptors (Lipinski definition) is 6. The van der Waals surface area contributed by atoms with Gasteiger partial charge in [0.1, 0.15) is 15.8 Å². The lowest BCUT2D eigenvalue weighted by Crippen LogP contribution is -2.29. The van der Waals surface area contributed by atoms with E-state index in [1.165, 1.54) is 11.8 Å². The van der Waals surface area contributed by atoms with Gasteiger partial charge < -0.3 is 5.32 Å². The van der Waals surface area contributed by atoms with E-state index in [2.05, 4.69) is 12.2 Å². The minimum atomic E-state index is -0.195. The van der Waals surface area contributed by atoms with E-state index in [4.69, 9.17) is 17.2 Å². The van der Waals surface area contributed by atoms with Crippen LogP contribution in [0.1, 0.15) is 54.9 Å². The predicted octanol–water partition coefficient (Wildman–Crippen LogP) is 5.70. The largest absolute Gasteiger partial charge is 0.367 e. The Morgan fingerprint density at radius 3 is 2.56 bits per heavy atom. The third-order valence-corrected chi connectivity index (χ3v) is 8.43. The zero-order valence-corrected chi connectivity index (χ0v) is 22.4. The number of rotatable bonds is 5. The molecule has 3 aromatic rings. The standard InChI is InChI=1S/C28H30N4O2S2/c1-17-6-10-20(11-7-17)16-32-27(34)23(36-28(32)35)15-22-24(29-21-12-8-18(2)9-13-21)30-25-19(3)5-4-14-31(25)26(22)33/h4-7,10-11,14-15,18,21,29H,8-9,12-13,16H2,1-3H3/b23-15+. The number of nitrogens with zero attached hydrogens (tertiary/aromatic N) is 3. The molecule has 1 aliphatic carbocycles. The fourth-order valence-corrected chi connectivity index (χ4v) is 6.03. The third-order valence-electron chi connectivity index (χ3n) is 7.05. The highest BCUT2D eigenvalue weighted by atomic mass is 32.2. The molecule has 0 spiro atoms. The monoisotopic (exact) mass is 518 g/mol. The number of carbonyl (C=O) groups excluding carboxylic acids is 1.